The minimum Gasteiger partial charge on any atom is -0.453 e. The average molecular weight is 391 g/mol. The van der Waals surface area contributed by atoms with Crippen molar-refractivity contribution in [3.63, 3.8) is 0 Å². The van der Waals surface area contributed by atoms with Crippen LogP contribution in [-0.2, 0) is 4.74 Å². The second-order valence-electron chi connectivity index (χ2n) is 7.05. The van der Waals surface area contributed by atoms with E-state index in [0.717, 1.165) is 25.9 Å². The first-order chi connectivity index (χ1) is 14.1. The second kappa shape index (κ2) is 7.97. The molecule has 1 aliphatic heterocycles. The van der Waals surface area contributed by atoms with Crippen LogP contribution in [0.1, 0.15) is 33.6 Å². The lowest BCUT2D eigenvalue weighted by Crippen LogP contribution is -2.51. The van der Waals surface area contributed by atoms with E-state index in [1.54, 1.807) is 48.5 Å². The quantitative estimate of drug-likeness (QED) is 0.865. The Labute approximate surface area is 168 Å². The van der Waals surface area contributed by atoms with E-state index in [0.29, 0.717) is 22.5 Å². The lowest BCUT2D eigenvalue weighted by molar-refractivity contribution is 0.0873. The molecule has 1 aliphatic carbocycles. The molecular formula is C22H21N3O4. The number of carbonyl (C=O) groups is 3. The minimum absolute atomic E-state index is 0.0929. The average Bonchev–Trinajstić information content (AvgIpc) is 3.26. The Kier molecular flexibility index (Phi) is 5.22. The molecule has 1 heterocycles. The number of Topliss-reactive ketones (excluding diaryl/α,β-unsaturated/α-hetero) is 2. The SMILES string of the molecule is COC(=O)Nc1cccc(N=C2C(=O)c3ccccc3C(=O)C2N2CCCC2)c1. The van der Waals surface area contributed by atoms with Gasteiger partial charge in [-0.2, -0.15) is 0 Å². The zero-order chi connectivity index (χ0) is 20.4. The lowest BCUT2D eigenvalue weighted by Gasteiger charge is -2.31. The molecule has 0 bridgehead atoms. The van der Waals surface area contributed by atoms with Gasteiger partial charge in [-0.05, 0) is 44.1 Å². The molecule has 148 valence electrons. The molecule has 1 fully saturated rings. The molecule has 1 atom stereocenters. The van der Waals surface area contributed by atoms with Gasteiger partial charge in [0, 0.05) is 16.8 Å². The number of fused-ring (bicyclic) bond motifs is 1. The second-order valence-corrected chi connectivity index (χ2v) is 7.05. The summed E-state index contributed by atoms with van der Waals surface area (Å²) in [6.45, 7) is 1.52. The van der Waals surface area contributed by atoms with E-state index in [2.05, 4.69) is 15.0 Å². The van der Waals surface area contributed by atoms with Gasteiger partial charge in [-0.1, -0.05) is 30.3 Å². The molecule has 1 unspecified atom stereocenters. The molecule has 1 amide bonds. The van der Waals surface area contributed by atoms with Crippen LogP contribution in [0.2, 0.25) is 0 Å². The highest BCUT2D eigenvalue weighted by atomic mass is 16.5. The number of benzene rings is 2. The molecule has 0 aromatic heterocycles. The molecule has 4 rings (SSSR count). The van der Waals surface area contributed by atoms with Crippen molar-refractivity contribution in [2.75, 3.05) is 25.5 Å². The summed E-state index contributed by atoms with van der Waals surface area (Å²) in [5, 5.41) is 2.58. The van der Waals surface area contributed by atoms with Gasteiger partial charge in [0.15, 0.2) is 5.78 Å². The molecule has 2 aliphatic rings. The third-order valence-electron chi connectivity index (χ3n) is 5.21. The molecule has 0 spiro atoms. The van der Waals surface area contributed by atoms with Crippen LogP contribution in [-0.4, -0.2) is 54.5 Å². The van der Waals surface area contributed by atoms with E-state index < -0.39 is 12.1 Å². The van der Waals surface area contributed by atoms with Crippen molar-refractivity contribution in [2.24, 2.45) is 4.99 Å². The summed E-state index contributed by atoms with van der Waals surface area (Å²) in [5.74, 6) is -0.326. The van der Waals surface area contributed by atoms with Gasteiger partial charge in [0.2, 0.25) is 5.78 Å². The maximum atomic E-state index is 13.3. The van der Waals surface area contributed by atoms with Crippen molar-refractivity contribution < 1.29 is 19.1 Å². The summed E-state index contributed by atoms with van der Waals surface area (Å²) >= 11 is 0. The molecule has 2 aromatic rings. The normalized spacial score (nSPS) is 20.6. The third kappa shape index (κ3) is 3.69. The fraction of sp³-hybridized carbons (Fsp3) is 0.273. The first kappa shape index (κ1) is 19.0. The Morgan fingerprint density at radius 2 is 1.79 bits per heavy atom. The predicted octanol–water partition coefficient (Wildman–Crippen LogP) is 3.48. The minimum atomic E-state index is -0.683. The highest BCUT2D eigenvalue weighted by Gasteiger charge is 2.42. The summed E-state index contributed by atoms with van der Waals surface area (Å²) in [6.07, 6.45) is 1.39. The van der Waals surface area contributed by atoms with E-state index in [1.165, 1.54) is 7.11 Å². The number of aliphatic imine (C=N–C) groups is 1. The van der Waals surface area contributed by atoms with E-state index in [-0.39, 0.29) is 17.3 Å². The summed E-state index contributed by atoms with van der Waals surface area (Å²) in [6, 6.07) is 13.0. The van der Waals surface area contributed by atoms with Gasteiger partial charge in [-0.25, -0.2) is 9.79 Å². The van der Waals surface area contributed by atoms with E-state index in [9.17, 15) is 14.4 Å². The van der Waals surface area contributed by atoms with Crippen LogP contribution in [0.3, 0.4) is 0 Å². The number of nitrogens with zero attached hydrogens (tertiary/aromatic N) is 2. The number of rotatable bonds is 3. The monoisotopic (exact) mass is 391 g/mol. The molecule has 0 radical (unpaired) electrons. The van der Waals surface area contributed by atoms with Crippen molar-refractivity contribution in [3.8, 4) is 0 Å². The number of carbonyl (C=O) groups excluding carboxylic acids is 3. The molecule has 2 aromatic carbocycles. The fourth-order valence-electron chi connectivity index (χ4n) is 3.84. The molecule has 1 N–H and O–H groups in total. The van der Waals surface area contributed by atoms with E-state index in [4.69, 9.17) is 0 Å². The van der Waals surface area contributed by atoms with Crippen molar-refractivity contribution in [1.82, 2.24) is 4.90 Å². The zero-order valence-electron chi connectivity index (χ0n) is 16.1. The number of hydrogen-bond acceptors (Lipinski definition) is 6. The number of ether oxygens (including phenoxy) is 1. The number of ketones is 2. The van der Waals surface area contributed by atoms with Crippen LogP contribution in [0, 0.1) is 0 Å². The standard InChI is InChI=1S/C22H21N3O4/c1-29-22(28)24-15-8-6-7-14(13-15)23-18-19(25-11-4-5-12-25)21(27)17-10-3-2-9-16(17)20(18)26/h2-3,6-10,13,19H,4-5,11-12H2,1H3,(H,24,28). The summed E-state index contributed by atoms with van der Waals surface area (Å²) in [4.78, 5) is 44.6. The van der Waals surface area contributed by atoms with Crippen LogP contribution in [0.15, 0.2) is 53.5 Å². The summed E-state index contributed by atoms with van der Waals surface area (Å²) < 4.78 is 4.61. The molecular weight excluding hydrogens is 370 g/mol. The van der Waals surface area contributed by atoms with Crippen molar-refractivity contribution in [1.29, 1.82) is 0 Å². The van der Waals surface area contributed by atoms with Crippen LogP contribution in [0.4, 0.5) is 16.2 Å². The Morgan fingerprint density at radius 3 is 2.52 bits per heavy atom. The van der Waals surface area contributed by atoms with E-state index in [1.807, 2.05) is 4.90 Å². The summed E-state index contributed by atoms with van der Waals surface area (Å²) in [7, 11) is 1.28. The Bertz CT molecular complexity index is 1010. The van der Waals surface area contributed by atoms with Gasteiger partial charge in [-0.3, -0.25) is 19.8 Å². The van der Waals surface area contributed by atoms with Gasteiger partial charge in [0.05, 0.1) is 12.8 Å². The van der Waals surface area contributed by atoms with E-state index >= 15 is 0 Å². The van der Waals surface area contributed by atoms with Crippen molar-refractivity contribution in [3.05, 3.63) is 59.7 Å². The van der Waals surface area contributed by atoms with Gasteiger partial charge < -0.3 is 4.74 Å². The van der Waals surface area contributed by atoms with Crippen LogP contribution < -0.4 is 5.32 Å². The van der Waals surface area contributed by atoms with Gasteiger partial charge in [0.25, 0.3) is 0 Å². The molecule has 0 saturated carbocycles. The lowest BCUT2D eigenvalue weighted by atomic mass is 9.83. The van der Waals surface area contributed by atoms with Gasteiger partial charge >= 0.3 is 6.09 Å². The van der Waals surface area contributed by atoms with Crippen LogP contribution >= 0.6 is 0 Å². The molecule has 7 nitrogen and oxygen atoms in total. The molecule has 7 heteroatoms. The Morgan fingerprint density at radius 1 is 1.07 bits per heavy atom. The third-order valence-corrected chi connectivity index (χ3v) is 5.21. The van der Waals surface area contributed by atoms with Crippen molar-refractivity contribution in [2.45, 2.75) is 18.9 Å². The van der Waals surface area contributed by atoms with Gasteiger partial charge in [-0.15, -0.1) is 0 Å². The molecule has 1 saturated heterocycles. The number of anilines is 1. The van der Waals surface area contributed by atoms with Crippen LogP contribution in [0.25, 0.3) is 0 Å². The first-order valence-electron chi connectivity index (χ1n) is 9.54. The molecule has 29 heavy (non-hydrogen) atoms. The van der Waals surface area contributed by atoms with Crippen molar-refractivity contribution >= 4 is 34.7 Å². The van der Waals surface area contributed by atoms with Gasteiger partial charge in [0.1, 0.15) is 11.8 Å². The zero-order valence-corrected chi connectivity index (χ0v) is 16.1. The summed E-state index contributed by atoms with van der Waals surface area (Å²) in [5.41, 5.74) is 2.04. The number of amides is 1. The maximum absolute atomic E-state index is 13.3. The number of methoxy groups -OCH3 is 1. The number of hydrogen-bond donors (Lipinski definition) is 1. The van der Waals surface area contributed by atoms with Crippen LogP contribution in [0.5, 0.6) is 0 Å². The number of nitrogens with one attached hydrogen (secondary N) is 1. The Balaban J connectivity index is 1.77. The largest absolute Gasteiger partial charge is 0.453 e. The first-order valence-corrected chi connectivity index (χ1v) is 9.54. The maximum Gasteiger partial charge on any atom is 0.411 e. The number of likely N-dealkylation sites (tertiary alicyclic amines) is 1. The Hall–Kier alpha value is -3.32. The fourth-order valence-corrected chi connectivity index (χ4v) is 3.84. The highest BCUT2D eigenvalue weighted by Crippen LogP contribution is 2.28. The smallest absolute Gasteiger partial charge is 0.411 e. The topological polar surface area (TPSA) is 88.1 Å². The highest BCUT2D eigenvalue weighted by molar-refractivity contribution is 6.55. The predicted molar refractivity (Wildman–Crippen MR) is 109 cm³/mol.